The number of carbonyl (C=O) groups is 2. The van der Waals surface area contributed by atoms with E-state index in [9.17, 15) is 14.0 Å². The second-order valence-electron chi connectivity index (χ2n) is 9.13. The zero-order chi connectivity index (χ0) is 25.0. The third-order valence-electron chi connectivity index (χ3n) is 5.35. The molecule has 2 aromatic carbocycles. The molecule has 1 atom stereocenters. The number of urea groups is 1. The highest BCUT2D eigenvalue weighted by Crippen LogP contribution is 2.39. The average molecular weight is 471 g/mol. The number of nitrogens with one attached hydrogen (secondary N) is 1. The maximum Gasteiger partial charge on any atom is 0.318 e. The van der Waals surface area contributed by atoms with E-state index in [1.165, 1.54) is 30.1 Å². The summed E-state index contributed by atoms with van der Waals surface area (Å²) < 4.78 is 25.4. The molecule has 0 aromatic heterocycles. The minimum absolute atomic E-state index is 0.210. The molecule has 0 fully saturated rings. The monoisotopic (exact) mass is 470 g/mol. The van der Waals surface area contributed by atoms with Crippen LogP contribution in [0.5, 0.6) is 11.5 Å². The maximum absolute atomic E-state index is 14.5. The van der Waals surface area contributed by atoms with Crippen LogP contribution in [-0.2, 0) is 4.79 Å². The first-order valence-corrected chi connectivity index (χ1v) is 10.9. The van der Waals surface area contributed by atoms with Crippen molar-refractivity contribution in [2.75, 3.05) is 27.8 Å². The lowest BCUT2D eigenvalue weighted by Gasteiger charge is -2.28. The van der Waals surface area contributed by atoms with Gasteiger partial charge in [-0.3, -0.25) is 4.79 Å². The molecule has 182 valence electrons. The summed E-state index contributed by atoms with van der Waals surface area (Å²) in [7, 11) is 4.63. The largest absolute Gasteiger partial charge is 0.497 e. The predicted octanol–water partition coefficient (Wildman–Crippen LogP) is 3.96. The second kappa shape index (κ2) is 10.1. The van der Waals surface area contributed by atoms with E-state index in [1.807, 2.05) is 20.8 Å². The second-order valence-corrected chi connectivity index (χ2v) is 9.13. The van der Waals surface area contributed by atoms with Crippen molar-refractivity contribution in [2.24, 2.45) is 5.10 Å². The number of methoxy groups -OCH3 is 2. The Kier molecular flexibility index (Phi) is 7.44. The zero-order valence-electron chi connectivity index (χ0n) is 20.4. The van der Waals surface area contributed by atoms with Crippen molar-refractivity contribution < 1.29 is 23.5 Å². The summed E-state index contributed by atoms with van der Waals surface area (Å²) in [6, 6.07) is 10.6. The number of amides is 3. The quantitative estimate of drug-likeness (QED) is 0.693. The fraction of sp³-hybridized carbons (Fsp3) is 0.400. The van der Waals surface area contributed by atoms with Crippen molar-refractivity contribution in [3.05, 3.63) is 59.4 Å². The lowest BCUT2D eigenvalue weighted by atomic mass is 9.97. The first-order chi connectivity index (χ1) is 16.0. The number of nitrogens with zero attached hydrogens (tertiary/aromatic N) is 3. The smallest absolute Gasteiger partial charge is 0.318 e. The van der Waals surface area contributed by atoms with Crippen molar-refractivity contribution in [3.63, 3.8) is 0 Å². The number of rotatable bonds is 6. The normalized spacial score (nSPS) is 15.6. The van der Waals surface area contributed by atoms with Gasteiger partial charge in [-0.1, -0.05) is 18.2 Å². The average Bonchev–Trinajstić information content (AvgIpc) is 3.23. The highest BCUT2D eigenvalue weighted by atomic mass is 19.1. The molecule has 0 bridgehead atoms. The number of hydrogen-bond donors (Lipinski definition) is 1. The number of likely N-dealkylation sites (N-methyl/N-ethyl adjacent to an activating group) is 1. The Bertz CT molecular complexity index is 1100. The number of ether oxygens (including phenoxy) is 2. The lowest BCUT2D eigenvalue weighted by molar-refractivity contribution is -0.133. The summed E-state index contributed by atoms with van der Waals surface area (Å²) >= 11 is 0. The standard InChI is InChI=1S/C25H31FN4O4/c1-25(2,3)27-24(32)29(4)15-23(31)30-21(18-13-16(33-5)11-12-22(18)34-6)14-20(28-30)17-9-7-8-10-19(17)26/h7-13,21H,14-15H2,1-6H3,(H,27,32). The molecule has 3 amide bonds. The van der Waals surface area contributed by atoms with Gasteiger partial charge in [0.2, 0.25) is 0 Å². The summed E-state index contributed by atoms with van der Waals surface area (Å²) in [5, 5.41) is 8.63. The Labute approximate surface area is 199 Å². The van der Waals surface area contributed by atoms with E-state index >= 15 is 0 Å². The van der Waals surface area contributed by atoms with Gasteiger partial charge in [-0.05, 0) is 45.0 Å². The fourth-order valence-electron chi connectivity index (χ4n) is 3.70. The lowest BCUT2D eigenvalue weighted by Crippen LogP contribution is -2.49. The van der Waals surface area contributed by atoms with E-state index in [2.05, 4.69) is 10.4 Å². The molecular weight excluding hydrogens is 439 g/mol. The van der Waals surface area contributed by atoms with Crippen molar-refractivity contribution in [1.82, 2.24) is 15.2 Å². The SMILES string of the molecule is COc1ccc(OC)c(C2CC(c3ccccc3F)=NN2C(=O)CN(C)C(=O)NC(C)(C)C)c1. The van der Waals surface area contributed by atoms with E-state index in [1.54, 1.807) is 43.5 Å². The molecule has 1 heterocycles. The molecule has 0 saturated carbocycles. The molecule has 34 heavy (non-hydrogen) atoms. The molecule has 0 radical (unpaired) electrons. The third-order valence-corrected chi connectivity index (χ3v) is 5.35. The number of hydrogen-bond acceptors (Lipinski definition) is 5. The van der Waals surface area contributed by atoms with Crippen molar-refractivity contribution >= 4 is 17.6 Å². The van der Waals surface area contributed by atoms with E-state index in [-0.39, 0.29) is 19.0 Å². The van der Waals surface area contributed by atoms with Crippen molar-refractivity contribution in [1.29, 1.82) is 0 Å². The van der Waals surface area contributed by atoms with E-state index in [0.29, 0.717) is 28.3 Å². The van der Waals surface area contributed by atoms with Crippen LogP contribution >= 0.6 is 0 Å². The summed E-state index contributed by atoms with van der Waals surface area (Å²) in [5.74, 6) is 0.304. The van der Waals surface area contributed by atoms with Gasteiger partial charge in [0.05, 0.1) is 26.0 Å². The van der Waals surface area contributed by atoms with Gasteiger partial charge in [-0.15, -0.1) is 0 Å². The summed E-state index contributed by atoms with van der Waals surface area (Å²) in [5.41, 5.74) is 0.980. The van der Waals surface area contributed by atoms with Gasteiger partial charge in [0, 0.05) is 30.1 Å². The molecule has 1 aliphatic rings. The van der Waals surface area contributed by atoms with Crippen LogP contribution < -0.4 is 14.8 Å². The van der Waals surface area contributed by atoms with Gasteiger partial charge in [0.1, 0.15) is 23.9 Å². The molecule has 0 aliphatic carbocycles. The first kappa shape index (κ1) is 25.0. The van der Waals surface area contributed by atoms with E-state index in [4.69, 9.17) is 9.47 Å². The summed E-state index contributed by atoms with van der Waals surface area (Å²) in [4.78, 5) is 27.1. The van der Waals surface area contributed by atoms with Gasteiger partial charge in [0.25, 0.3) is 5.91 Å². The van der Waals surface area contributed by atoms with Crippen LogP contribution in [0.2, 0.25) is 0 Å². The zero-order valence-corrected chi connectivity index (χ0v) is 20.4. The van der Waals surface area contributed by atoms with E-state index < -0.39 is 23.3 Å². The van der Waals surface area contributed by atoms with Crippen molar-refractivity contribution in [2.45, 2.75) is 38.8 Å². The molecule has 8 nitrogen and oxygen atoms in total. The highest BCUT2D eigenvalue weighted by Gasteiger charge is 2.36. The Morgan fingerprint density at radius 1 is 1.18 bits per heavy atom. The van der Waals surface area contributed by atoms with Crippen LogP contribution in [0, 0.1) is 5.82 Å². The predicted molar refractivity (Wildman–Crippen MR) is 128 cm³/mol. The van der Waals surface area contributed by atoms with Gasteiger partial charge in [-0.2, -0.15) is 5.10 Å². The van der Waals surface area contributed by atoms with Crippen LogP contribution in [0.15, 0.2) is 47.6 Å². The minimum atomic E-state index is -0.564. The molecule has 0 spiro atoms. The molecule has 1 N–H and O–H groups in total. The Hall–Kier alpha value is -3.62. The number of carbonyl (C=O) groups excluding carboxylic acids is 2. The van der Waals surface area contributed by atoms with E-state index in [0.717, 1.165) is 0 Å². The summed E-state index contributed by atoms with van der Waals surface area (Å²) in [6.45, 7) is 5.37. The van der Waals surface area contributed by atoms with Crippen LogP contribution in [0.4, 0.5) is 9.18 Å². The molecule has 1 aliphatic heterocycles. The number of halogens is 1. The molecule has 1 unspecified atom stereocenters. The van der Waals surface area contributed by atoms with Crippen LogP contribution in [0.25, 0.3) is 0 Å². The minimum Gasteiger partial charge on any atom is -0.497 e. The van der Waals surface area contributed by atoms with Gasteiger partial charge >= 0.3 is 6.03 Å². The fourth-order valence-corrected chi connectivity index (χ4v) is 3.70. The first-order valence-electron chi connectivity index (χ1n) is 10.9. The van der Waals surface area contributed by atoms with Gasteiger partial charge < -0.3 is 19.7 Å². The van der Waals surface area contributed by atoms with Crippen LogP contribution in [0.3, 0.4) is 0 Å². The Morgan fingerprint density at radius 3 is 2.50 bits per heavy atom. The highest BCUT2D eigenvalue weighted by molar-refractivity contribution is 6.03. The third kappa shape index (κ3) is 5.65. The van der Waals surface area contributed by atoms with Crippen LogP contribution in [-0.4, -0.2) is 60.9 Å². The molecule has 2 aromatic rings. The van der Waals surface area contributed by atoms with Gasteiger partial charge in [-0.25, -0.2) is 14.2 Å². The maximum atomic E-state index is 14.5. The van der Waals surface area contributed by atoms with Crippen molar-refractivity contribution in [3.8, 4) is 11.5 Å². The molecule has 3 rings (SSSR count). The Balaban J connectivity index is 1.96. The number of hydrazone groups is 1. The van der Waals surface area contributed by atoms with Gasteiger partial charge in [0.15, 0.2) is 0 Å². The molecule has 9 heteroatoms. The Morgan fingerprint density at radius 2 is 1.88 bits per heavy atom. The summed E-state index contributed by atoms with van der Waals surface area (Å²) in [6.07, 6.45) is 0.272. The molecular formula is C25H31FN4O4. The number of benzene rings is 2. The topological polar surface area (TPSA) is 83.5 Å². The molecule has 0 saturated heterocycles. The van der Waals surface area contributed by atoms with Crippen LogP contribution in [0.1, 0.15) is 44.4 Å².